The Balaban J connectivity index is 1.76. The van der Waals surface area contributed by atoms with Crippen molar-refractivity contribution in [3.8, 4) is 0 Å². The van der Waals surface area contributed by atoms with Gasteiger partial charge in [-0.3, -0.25) is 0 Å². The van der Waals surface area contributed by atoms with Gasteiger partial charge in [0.2, 0.25) is 0 Å². The highest BCUT2D eigenvalue weighted by atomic mass is 16.6. The van der Waals surface area contributed by atoms with Crippen LogP contribution in [0.2, 0.25) is 0 Å². The number of carbonyl (C=O) groups is 3. The molecule has 0 aromatic heterocycles. The molecule has 0 amide bonds. The molecule has 8 nitrogen and oxygen atoms in total. The lowest BCUT2D eigenvalue weighted by molar-refractivity contribution is -0.106. The summed E-state index contributed by atoms with van der Waals surface area (Å²) in [6.45, 7) is -1.32. The average Bonchev–Trinajstić information content (AvgIpc) is 2.90. The third-order valence-corrected chi connectivity index (χ3v) is 4.84. The minimum absolute atomic E-state index is 0.187. The fourth-order valence-electron chi connectivity index (χ4n) is 3.07. The first-order valence-electron chi connectivity index (χ1n) is 10.5. The van der Waals surface area contributed by atoms with Gasteiger partial charge in [0.15, 0.2) is 12.2 Å². The van der Waals surface area contributed by atoms with Crippen molar-refractivity contribution in [2.24, 2.45) is 0 Å². The Kier molecular flexibility index (Phi) is 8.90. The lowest BCUT2D eigenvalue weighted by Crippen LogP contribution is -2.47. The van der Waals surface area contributed by atoms with Gasteiger partial charge in [-0.2, -0.15) is 0 Å². The van der Waals surface area contributed by atoms with Crippen LogP contribution in [0.15, 0.2) is 91.0 Å². The zero-order chi connectivity index (χ0) is 24.3. The molecule has 0 aliphatic rings. The molecule has 0 fully saturated rings. The summed E-state index contributed by atoms with van der Waals surface area (Å²) in [4.78, 5) is 37.4. The van der Waals surface area contributed by atoms with Gasteiger partial charge in [0.1, 0.15) is 12.7 Å². The number of carbonyl (C=O) groups excluding carboxylic acids is 3. The fraction of sp³-hybridized carbons (Fsp3) is 0.192. The molecule has 3 aromatic rings. The van der Waals surface area contributed by atoms with Crippen molar-refractivity contribution >= 4 is 17.9 Å². The van der Waals surface area contributed by atoms with Gasteiger partial charge >= 0.3 is 17.9 Å². The number of ether oxygens (including phenoxy) is 3. The van der Waals surface area contributed by atoms with E-state index in [9.17, 15) is 24.6 Å². The molecule has 3 aromatic carbocycles. The summed E-state index contributed by atoms with van der Waals surface area (Å²) >= 11 is 0. The van der Waals surface area contributed by atoms with Crippen LogP contribution in [0.4, 0.5) is 0 Å². The fourth-order valence-corrected chi connectivity index (χ4v) is 3.07. The highest BCUT2D eigenvalue weighted by Crippen LogP contribution is 2.16. The molecule has 0 unspecified atom stereocenters. The van der Waals surface area contributed by atoms with Gasteiger partial charge in [-0.05, 0) is 36.4 Å². The summed E-state index contributed by atoms with van der Waals surface area (Å²) in [6.07, 6.45) is -4.54. The van der Waals surface area contributed by atoms with Gasteiger partial charge in [0, 0.05) is 0 Å². The Labute approximate surface area is 196 Å². The van der Waals surface area contributed by atoms with Crippen LogP contribution in [-0.2, 0) is 14.2 Å². The van der Waals surface area contributed by atoms with Crippen molar-refractivity contribution in [3.63, 3.8) is 0 Å². The Morgan fingerprint density at radius 1 is 0.647 bits per heavy atom. The van der Waals surface area contributed by atoms with E-state index in [1.54, 1.807) is 66.7 Å². The molecule has 0 spiro atoms. The Morgan fingerprint density at radius 3 is 1.50 bits per heavy atom. The first-order chi connectivity index (χ1) is 16.5. The Morgan fingerprint density at radius 2 is 1.06 bits per heavy atom. The van der Waals surface area contributed by atoms with E-state index < -0.39 is 49.4 Å². The van der Waals surface area contributed by atoms with Crippen LogP contribution in [0.5, 0.6) is 0 Å². The zero-order valence-corrected chi connectivity index (χ0v) is 18.2. The van der Waals surface area contributed by atoms with E-state index >= 15 is 0 Å². The first kappa shape index (κ1) is 24.6. The normalized spacial score (nSPS) is 13.2. The predicted molar refractivity (Wildman–Crippen MR) is 121 cm³/mol. The maximum absolute atomic E-state index is 12.6. The number of hydrogen-bond donors (Lipinski definition) is 2. The molecule has 2 N–H and O–H groups in total. The van der Waals surface area contributed by atoms with Crippen molar-refractivity contribution < 1.29 is 38.8 Å². The van der Waals surface area contributed by atoms with Crippen molar-refractivity contribution in [3.05, 3.63) is 108 Å². The van der Waals surface area contributed by atoms with Crippen LogP contribution in [0.1, 0.15) is 31.1 Å². The standard InChI is InChI=1S/C26H24O8/c27-16-22(33-25(30)19-12-6-2-7-13-19)23(34-26(31)20-14-8-3-9-15-20)21(28)17-32-24(29)18-10-4-1-5-11-18/h1-15,21-23,27-28H,16-17H2/t21-,22-,23+/m1/s1. The molecule has 0 saturated heterocycles. The molecule has 0 saturated carbocycles. The first-order valence-corrected chi connectivity index (χ1v) is 10.5. The van der Waals surface area contributed by atoms with Crippen molar-refractivity contribution in [1.82, 2.24) is 0 Å². The Bertz CT molecular complexity index is 1070. The highest BCUT2D eigenvalue weighted by Gasteiger charge is 2.36. The third kappa shape index (κ3) is 6.74. The quantitative estimate of drug-likeness (QED) is 0.347. The molecule has 0 heterocycles. The SMILES string of the molecule is O=C(OC[C@@H](O)[C@H](OC(=O)c1ccccc1)[C@@H](CO)OC(=O)c1ccccc1)c1ccccc1. The lowest BCUT2D eigenvalue weighted by atomic mass is 10.1. The molecule has 34 heavy (non-hydrogen) atoms. The van der Waals surface area contributed by atoms with Crippen LogP contribution in [0.25, 0.3) is 0 Å². The van der Waals surface area contributed by atoms with Crippen LogP contribution < -0.4 is 0 Å². The zero-order valence-electron chi connectivity index (χ0n) is 18.2. The van der Waals surface area contributed by atoms with E-state index in [4.69, 9.17) is 14.2 Å². The van der Waals surface area contributed by atoms with Crippen molar-refractivity contribution in [1.29, 1.82) is 0 Å². The monoisotopic (exact) mass is 464 g/mol. The average molecular weight is 464 g/mol. The summed E-state index contributed by atoms with van der Waals surface area (Å²) in [7, 11) is 0. The maximum atomic E-state index is 12.6. The number of rotatable bonds is 10. The topological polar surface area (TPSA) is 119 Å². The molecule has 3 rings (SSSR count). The molecule has 3 atom stereocenters. The maximum Gasteiger partial charge on any atom is 0.338 e. The smallest absolute Gasteiger partial charge is 0.338 e. The highest BCUT2D eigenvalue weighted by molar-refractivity contribution is 5.90. The second-order valence-electron chi connectivity index (χ2n) is 7.26. The van der Waals surface area contributed by atoms with Crippen molar-refractivity contribution in [2.75, 3.05) is 13.2 Å². The van der Waals surface area contributed by atoms with E-state index in [0.29, 0.717) is 0 Å². The van der Waals surface area contributed by atoms with Gasteiger partial charge in [-0.15, -0.1) is 0 Å². The van der Waals surface area contributed by atoms with Gasteiger partial charge in [-0.1, -0.05) is 54.6 Å². The second-order valence-corrected chi connectivity index (χ2v) is 7.26. The number of esters is 3. The molecular weight excluding hydrogens is 440 g/mol. The molecule has 0 bridgehead atoms. The second kappa shape index (κ2) is 12.3. The number of aliphatic hydroxyl groups excluding tert-OH is 2. The minimum Gasteiger partial charge on any atom is -0.459 e. The number of aliphatic hydroxyl groups is 2. The molecule has 0 aliphatic carbocycles. The summed E-state index contributed by atoms with van der Waals surface area (Å²) < 4.78 is 15.9. The summed E-state index contributed by atoms with van der Waals surface area (Å²) in [5, 5.41) is 20.6. The Hall–Kier alpha value is -4.01. The number of benzene rings is 3. The third-order valence-electron chi connectivity index (χ3n) is 4.84. The molecular formula is C26H24O8. The summed E-state index contributed by atoms with van der Waals surface area (Å²) in [5.41, 5.74) is 0.660. The minimum atomic E-state index is -1.60. The molecule has 0 aliphatic heterocycles. The van der Waals surface area contributed by atoms with Gasteiger partial charge in [0.05, 0.1) is 23.3 Å². The predicted octanol–water partition coefficient (Wildman–Crippen LogP) is 2.65. The van der Waals surface area contributed by atoms with Gasteiger partial charge in [0.25, 0.3) is 0 Å². The van der Waals surface area contributed by atoms with E-state index in [1.807, 2.05) is 0 Å². The van der Waals surface area contributed by atoms with Crippen LogP contribution in [0, 0.1) is 0 Å². The van der Waals surface area contributed by atoms with E-state index in [2.05, 4.69) is 0 Å². The number of hydrogen-bond acceptors (Lipinski definition) is 8. The molecule has 0 radical (unpaired) electrons. The van der Waals surface area contributed by atoms with Crippen LogP contribution >= 0.6 is 0 Å². The van der Waals surface area contributed by atoms with Crippen LogP contribution in [-0.4, -0.2) is 59.6 Å². The van der Waals surface area contributed by atoms with Gasteiger partial charge in [-0.25, -0.2) is 14.4 Å². The van der Waals surface area contributed by atoms with E-state index in [1.165, 1.54) is 24.3 Å². The largest absolute Gasteiger partial charge is 0.459 e. The molecule has 176 valence electrons. The van der Waals surface area contributed by atoms with Gasteiger partial charge < -0.3 is 24.4 Å². The van der Waals surface area contributed by atoms with Crippen molar-refractivity contribution in [2.45, 2.75) is 18.3 Å². The summed E-state index contributed by atoms with van der Waals surface area (Å²) in [5.74, 6) is -2.29. The van der Waals surface area contributed by atoms with E-state index in [0.717, 1.165) is 0 Å². The lowest BCUT2D eigenvalue weighted by Gasteiger charge is -2.29. The molecule has 8 heteroatoms. The van der Waals surface area contributed by atoms with Crippen LogP contribution in [0.3, 0.4) is 0 Å². The summed E-state index contributed by atoms with van der Waals surface area (Å²) in [6, 6.07) is 24.1. The van der Waals surface area contributed by atoms with E-state index in [-0.39, 0.29) is 16.7 Å².